The molecule has 0 heterocycles. The number of ketones is 1. The average molecular weight is 208 g/mol. The van der Waals surface area contributed by atoms with E-state index in [1.807, 2.05) is 0 Å². The van der Waals surface area contributed by atoms with Crippen molar-refractivity contribution in [3.8, 4) is 0 Å². The Balaban J connectivity index is 2.40. The summed E-state index contributed by atoms with van der Waals surface area (Å²) >= 11 is 0. The van der Waals surface area contributed by atoms with Crippen LogP contribution in [-0.2, 0) is 4.79 Å². The van der Waals surface area contributed by atoms with E-state index in [0.717, 1.165) is 24.8 Å². The third kappa shape index (κ3) is 3.81. The maximum Gasteiger partial charge on any atom is 0.139 e. The van der Waals surface area contributed by atoms with E-state index in [1.165, 1.54) is 12.8 Å². The highest BCUT2D eigenvalue weighted by atomic mass is 16.1. The van der Waals surface area contributed by atoms with Gasteiger partial charge in [0.1, 0.15) is 5.78 Å². The SMILES string of the molecule is C=C(CC)CC(=O)C1CCC(C)(C)CC1. The van der Waals surface area contributed by atoms with E-state index in [0.29, 0.717) is 23.5 Å². The summed E-state index contributed by atoms with van der Waals surface area (Å²) in [6, 6.07) is 0. The Morgan fingerprint density at radius 2 is 1.87 bits per heavy atom. The number of hydrogen-bond donors (Lipinski definition) is 0. The van der Waals surface area contributed by atoms with Gasteiger partial charge in [0.05, 0.1) is 0 Å². The summed E-state index contributed by atoms with van der Waals surface area (Å²) in [5.74, 6) is 0.749. The van der Waals surface area contributed by atoms with Crippen LogP contribution in [0.1, 0.15) is 59.3 Å². The van der Waals surface area contributed by atoms with Crippen molar-refractivity contribution in [2.24, 2.45) is 11.3 Å². The first-order valence-electron chi connectivity index (χ1n) is 6.14. The molecule has 86 valence electrons. The van der Waals surface area contributed by atoms with Crippen molar-refractivity contribution >= 4 is 5.78 Å². The lowest BCUT2D eigenvalue weighted by molar-refractivity contribution is -0.123. The standard InChI is InChI=1S/C14H24O/c1-5-11(2)10-13(15)12-6-8-14(3,4)9-7-12/h12H,2,5-10H2,1,3-4H3. The minimum atomic E-state index is 0.321. The third-order valence-corrected chi connectivity index (χ3v) is 3.72. The van der Waals surface area contributed by atoms with Gasteiger partial charge >= 0.3 is 0 Å². The summed E-state index contributed by atoms with van der Waals surface area (Å²) < 4.78 is 0. The lowest BCUT2D eigenvalue weighted by Gasteiger charge is -2.33. The Morgan fingerprint density at radius 1 is 1.33 bits per heavy atom. The van der Waals surface area contributed by atoms with Crippen LogP contribution in [0, 0.1) is 11.3 Å². The Hall–Kier alpha value is -0.590. The maximum absolute atomic E-state index is 11.9. The number of carbonyl (C=O) groups excluding carboxylic acids is 1. The largest absolute Gasteiger partial charge is 0.299 e. The molecule has 0 amide bonds. The Bertz CT molecular complexity index is 240. The number of rotatable bonds is 4. The van der Waals surface area contributed by atoms with Crippen LogP contribution in [0.25, 0.3) is 0 Å². The van der Waals surface area contributed by atoms with Crippen LogP contribution in [0.2, 0.25) is 0 Å². The molecule has 1 aliphatic rings. The van der Waals surface area contributed by atoms with Gasteiger partial charge in [-0.15, -0.1) is 0 Å². The molecule has 1 aliphatic carbocycles. The van der Waals surface area contributed by atoms with Crippen LogP contribution in [0.3, 0.4) is 0 Å². The highest BCUT2D eigenvalue weighted by Crippen LogP contribution is 2.38. The second kappa shape index (κ2) is 4.96. The topological polar surface area (TPSA) is 17.1 Å². The Labute approximate surface area is 93.9 Å². The molecule has 0 aliphatic heterocycles. The summed E-state index contributed by atoms with van der Waals surface area (Å²) in [5.41, 5.74) is 1.54. The van der Waals surface area contributed by atoms with Crippen LogP contribution in [0.15, 0.2) is 12.2 Å². The first-order chi connectivity index (χ1) is 6.94. The Morgan fingerprint density at radius 3 is 2.33 bits per heavy atom. The van der Waals surface area contributed by atoms with Gasteiger partial charge in [-0.2, -0.15) is 0 Å². The van der Waals surface area contributed by atoms with Crippen molar-refractivity contribution in [1.82, 2.24) is 0 Å². The van der Waals surface area contributed by atoms with Gasteiger partial charge in [0.25, 0.3) is 0 Å². The lowest BCUT2D eigenvalue weighted by atomic mass is 9.71. The molecule has 0 unspecified atom stereocenters. The summed E-state index contributed by atoms with van der Waals surface area (Å²) in [4.78, 5) is 11.9. The molecule has 15 heavy (non-hydrogen) atoms. The maximum atomic E-state index is 11.9. The Kier molecular flexibility index (Phi) is 4.12. The molecule has 0 saturated heterocycles. The van der Waals surface area contributed by atoms with E-state index in [4.69, 9.17) is 0 Å². The van der Waals surface area contributed by atoms with E-state index in [2.05, 4.69) is 27.4 Å². The minimum absolute atomic E-state index is 0.321. The monoisotopic (exact) mass is 208 g/mol. The molecular formula is C14H24O. The van der Waals surface area contributed by atoms with Crippen molar-refractivity contribution in [3.63, 3.8) is 0 Å². The molecule has 1 rings (SSSR count). The van der Waals surface area contributed by atoms with Crippen molar-refractivity contribution in [2.75, 3.05) is 0 Å². The van der Waals surface area contributed by atoms with Gasteiger partial charge in [-0.25, -0.2) is 0 Å². The highest BCUT2D eigenvalue weighted by molar-refractivity contribution is 5.83. The second-order valence-electron chi connectivity index (χ2n) is 5.69. The zero-order chi connectivity index (χ0) is 11.5. The molecule has 0 aromatic heterocycles. The third-order valence-electron chi connectivity index (χ3n) is 3.72. The summed E-state index contributed by atoms with van der Waals surface area (Å²) in [6.07, 6.45) is 6.11. The number of allylic oxidation sites excluding steroid dienone is 1. The van der Waals surface area contributed by atoms with Gasteiger partial charge in [-0.3, -0.25) is 4.79 Å². The van der Waals surface area contributed by atoms with Crippen LogP contribution in [0.4, 0.5) is 0 Å². The minimum Gasteiger partial charge on any atom is -0.299 e. The van der Waals surface area contributed by atoms with E-state index in [-0.39, 0.29) is 0 Å². The fraction of sp³-hybridized carbons (Fsp3) is 0.786. The molecule has 1 saturated carbocycles. The van der Waals surface area contributed by atoms with E-state index in [1.54, 1.807) is 0 Å². The van der Waals surface area contributed by atoms with E-state index >= 15 is 0 Å². The van der Waals surface area contributed by atoms with Crippen LogP contribution in [0.5, 0.6) is 0 Å². The van der Waals surface area contributed by atoms with Gasteiger partial charge in [0, 0.05) is 12.3 Å². The normalized spacial score (nSPS) is 21.3. The molecular weight excluding hydrogens is 184 g/mol. The molecule has 1 heteroatoms. The molecule has 0 aromatic rings. The van der Waals surface area contributed by atoms with Gasteiger partial charge in [-0.1, -0.05) is 32.9 Å². The van der Waals surface area contributed by atoms with Crippen LogP contribution >= 0.6 is 0 Å². The number of carbonyl (C=O) groups is 1. The smallest absolute Gasteiger partial charge is 0.139 e. The van der Waals surface area contributed by atoms with Crippen molar-refractivity contribution < 1.29 is 4.79 Å². The van der Waals surface area contributed by atoms with Crippen molar-refractivity contribution in [1.29, 1.82) is 0 Å². The average Bonchev–Trinajstić information content (AvgIpc) is 2.17. The summed E-state index contributed by atoms with van der Waals surface area (Å²) in [6.45, 7) is 10.6. The fourth-order valence-corrected chi connectivity index (χ4v) is 2.24. The zero-order valence-corrected chi connectivity index (χ0v) is 10.4. The van der Waals surface area contributed by atoms with Gasteiger partial charge in [-0.05, 0) is 37.5 Å². The van der Waals surface area contributed by atoms with Gasteiger partial charge in [0.2, 0.25) is 0 Å². The quantitative estimate of drug-likeness (QED) is 0.635. The van der Waals surface area contributed by atoms with E-state index in [9.17, 15) is 4.79 Å². The summed E-state index contributed by atoms with van der Waals surface area (Å²) in [5, 5.41) is 0. The van der Waals surface area contributed by atoms with Crippen LogP contribution in [-0.4, -0.2) is 5.78 Å². The molecule has 0 aromatic carbocycles. The zero-order valence-electron chi connectivity index (χ0n) is 10.4. The first-order valence-corrected chi connectivity index (χ1v) is 6.14. The van der Waals surface area contributed by atoms with Gasteiger partial charge in [0.15, 0.2) is 0 Å². The molecule has 1 fully saturated rings. The first kappa shape index (κ1) is 12.5. The second-order valence-corrected chi connectivity index (χ2v) is 5.69. The van der Waals surface area contributed by atoms with Gasteiger partial charge < -0.3 is 0 Å². The highest BCUT2D eigenvalue weighted by Gasteiger charge is 2.30. The molecule has 0 atom stereocenters. The molecule has 0 spiro atoms. The van der Waals surface area contributed by atoms with Crippen molar-refractivity contribution in [3.05, 3.63) is 12.2 Å². The molecule has 0 radical (unpaired) electrons. The number of Topliss-reactive ketones (excluding diaryl/α,β-unsaturated/α-hetero) is 1. The van der Waals surface area contributed by atoms with Crippen molar-refractivity contribution in [2.45, 2.75) is 59.3 Å². The number of hydrogen-bond acceptors (Lipinski definition) is 1. The molecule has 0 bridgehead atoms. The molecule has 1 nitrogen and oxygen atoms in total. The fourth-order valence-electron chi connectivity index (χ4n) is 2.24. The van der Waals surface area contributed by atoms with E-state index < -0.39 is 0 Å². The summed E-state index contributed by atoms with van der Waals surface area (Å²) in [7, 11) is 0. The van der Waals surface area contributed by atoms with Crippen LogP contribution < -0.4 is 0 Å². The molecule has 0 N–H and O–H groups in total. The predicted octanol–water partition coefficient (Wildman–Crippen LogP) is 4.13. The predicted molar refractivity (Wildman–Crippen MR) is 64.8 cm³/mol. The lowest BCUT2D eigenvalue weighted by Crippen LogP contribution is -2.26.